The molecule has 2 aromatic heterocycles. The molecule has 0 radical (unpaired) electrons. The molecule has 0 bridgehead atoms. The van der Waals surface area contributed by atoms with E-state index in [1.807, 2.05) is 30.3 Å². The highest BCUT2D eigenvalue weighted by molar-refractivity contribution is 5.83. The third-order valence-electron chi connectivity index (χ3n) is 3.31. The van der Waals surface area contributed by atoms with Crippen LogP contribution in [-0.2, 0) is 13.6 Å². The zero-order chi connectivity index (χ0) is 16.2. The van der Waals surface area contributed by atoms with Crippen molar-refractivity contribution in [2.75, 3.05) is 17.2 Å². The monoisotopic (exact) mass is 313 g/mol. The van der Waals surface area contributed by atoms with E-state index in [0.29, 0.717) is 36.0 Å². The SMILES string of the molecule is CC(O)CNc1nc(NCc2ccccc2)c2nnn(C)c2n1. The summed E-state index contributed by atoms with van der Waals surface area (Å²) < 4.78 is 1.60. The lowest BCUT2D eigenvalue weighted by atomic mass is 10.2. The van der Waals surface area contributed by atoms with Gasteiger partial charge in [0.15, 0.2) is 17.0 Å². The molecule has 8 heteroatoms. The fourth-order valence-corrected chi connectivity index (χ4v) is 2.14. The van der Waals surface area contributed by atoms with Crippen LogP contribution in [0.3, 0.4) is 0 Å². The molecule has 0 saturated carbocycles. The Balaban J connectivity index is 1.87. The van der Waals surface area contributed by atoms with Crippen LogP contribution in [0.15, 0.2) is 30.3 Å². The van der Waals surface area contributed by atoms with Crippen molar-refractivity contribution in [1.82, 2.24) is 25.0 Å². The molecule has 2 heterocycles. The van der Waals surface area contributed by atoms with Gasteiger partial charge in [-0.3, -0.25) is 0 Å². The van der Waals surface area contributed by atoms with Gasteiger partial charge in [0, 0.05) is 20.1 Å². The van der Waals surface area contributed by atoms with Gasteiger partial charge >= 0.3 is 0 Å². The maximum absolute atomic E-state index is 9.40. The number of hydrogen-bond donors (Lipinski definition) is 3. The van der Waals surface area contributed by atoms with E-state index in [-0.39, 0.29) is 0 Å². The molecule has 0 aliphatic rings. The Morgan fingerprint density at radius 2 is 1.96 bits per heavy atom. The van der Waals surface area contributed by atoms with Gasteiger partial charge in [0.1, 0.15) is 0 Å². The first-order valence-corrected chi connectivity index (χ1v) is 7.40. The summed E-state index contributed by atoms with van der Waals surface area (Å²) in [5.74, 6) is 1.04. The lowest BCUT2D eigenvalue weighted by Crippen LogP contribution is -2.17. The molecule has 1 unspecified atom stereocenters. The van der Waals surface area contributed by atoms with Crippen LogP contribution >= 0.6 is 0 Å². The van der Waals surface area contributed by atoms with Crippen molar-refractivity contribution in [1.29, 1.82) is 0 Å². The van der Waals surface area contributed by atoms with Crippen LogP contribution in [-0.4, -0.2) is 42.7 Å². The third kappa shape index (κ3) is 3.54. The van der Waals surface area contributed by atoms with Crippen molar-refractivity contribution in [3.63, 3.8) is 0 Å². The Kier molecular flexibility index (Phi) is 4.33. The molecule has 0 aliphatic carbocycles. The van der Waals surface area contributed by atoms with Crippen molar-refractivity contribution in [3.8, 4) is 0 Å². The highest BCUT2D eigenvalue weighted by Gasteiger charge is 2.13. The number of anilines is 2. The zero-order valence-corrected chi connectivity index (χ0v) is 13.1. The summed E-state index contributed by atoms with van der Waals surface area (Å²) in [6, 6.07) is 10.0. The summed E-state index contributed by atoms with van der Waals surface area (Å²) in [6.45, 7) is 2.69. The molecule has 0 spiro atoms. The van der Waals surface area contributed by atoms with E-state index >= 15 is 0 Å². The average Bonchev–Trinajstić information content (AvgIpc) is 2.93. The molecule has 3 N–H and O–H groups in total. The van der Waals surface area contributed by atoms with Gasteiger partial charge in [0.2, 0.25) is 5.95 Å². The van der Waals surface area contributed by atoms with E-state index in [1.165, 1.54) is 0 Å². The van der Waals surface area contributed by atoms with Crippen molar-refractivity contribution in [2.45, 2.75) is 19.6 Å². The second kappa shape index (κ2) is 6.57. The van der Waals surface area contributed by atoms with Gasteiger partial charge in [-0.15, -0.1) is 5.10 Å². The van der Waals surface area contributed by atoms with Gasteiger partial charge in [-0.05, 0) is 12.5 Å². The van der Waals surface area contributed by atoms with Crippen LogP contribution in [0.5, 0.6) is 0 Å². The first-order chi connectivity index (χ1) is 11.1. The maximum atomic E-state index is 9.40. The zero-order valence-electron chi connectivity index (χ0n) is 13.1. The largest absolute Gasteiger partial charge is 0.392 e. The molecule has 1 atom stereocenters. The minimum absolute atomic E-state index is 0.370. The Labute approximate surface area is 133 Å². The van der Waals surface area contributed by atoms with Gasteiger partial charge in [0.25, 0.3) is 0 Å². The molecule has 0 aliphatic heterocycles. The molecule has 8 nitrogen and oxygen atoms in total. The highest BCUT2D eigenvalue weighted by Crippen LogP contribution is 2.19. The molecular weight excluding hydrogens is 294 g/mol. The highest BCUT2D eigenvalue weighted by atomic mass is 16.3. The molecule has 120 valence electrons. The topological polar surface area (TPSA) is 101 Å². The Morgan fingerprint density at radius 3 is 2.70 bits per heavy atom. The summed E-state index contributed by atoms with van der Waals surface area (Å²) in [6.07, 6.45) is -0.486. The second-order valence-corrected chi connectivity index (χ2v) is 5.35. The maximum Gasteiger partial charge on any atom is 0.226 e. The van der Waals surface area contributed by atoms with Crippen LogP contribution in [0.25, 0.3) is 11.2 Å². The summed E-state index contributed by atoms with van der Waals surface area (Å²) in [7, 11) is 1.78. The minimum Gasteiger partial charge on any atom is -0.392 e. The van der Waals surface area contributed by atoms with E-state index < -0.39 is 6.10 Å². The second-order valence-electron chi connectivity index (χ2n) is 5.35. The number of hydrogen-bond acceptors (Lipinski definition) is 7. The quantitative estimate of drug-likeness (QED) is 0.628. The van der Waals surface area contributed by atoms with Crippen molar-refractivity contribution in [3.05, 3.63) is 35.9 Å². The van der Waals surface area contributed by atoms with E-state index in [9.17, 15) is 5.11 Å². The smallest absolute Gasteiger partial charge is 0.226 e. The number of aliphatic hydroxyl groups is 1. The predicted octanol–water partition coefficient (Wildman–Crippen LogP) is 1.16. The summed E-state index contributed by atoms with van der Waals surface area (Å²) in [5.41, 5.74) is 2.39. The Hall–Kier alpha value is -2.74. The number of nitrogens with one attached hydrogen (secondary N) is 2. The van der Waals surface area contributed by atoms with Gasteiger partial charge in [-0.25, -0.2) is 4.68 Å². The van der Waals surface area contributed by atoms with Gasteiger partial charge in [-0.2, -0.15) is 9.97 Å². The first-order valence-electron chi connectivity index (χ1n) is 7.40. The van der Waals surface area contributed by atoms with Crippen LogP contribution in [0.1, 0.15) is 12.5 Å². The number of nitrogens with zero attached hydrogens (tertiary/aromatic N) is 5. The Bertz CT molecular complexity index is 785. The average molecular weight is 313 g/mol. The van der Waals surface area contributed by atoms with Crippen LogP contribution in [0, 0.1) is 0 Å². The Morgan fingerprint density at radius 1 is 1.17 bits per heavy atom. The number of benzene rings is 1. The molecule has 3 rings (SSSR count). The van der Waals surface area contributed by atoms with Crippen molar-refractivity contribution >= 4 is 22.9 Å². The standard InChI is InChI=1S/C15H19N7O/c1-10(23)8-17-15-18-13(12-14(19-15)22(2)21-20-12)16-9-11-6-4-3-5-7-11/h3-7,10,23H,8-9H2,1-2H3,(H2,16,17,18,19). The number of aliphatic hydroxyl groups excluding tert-OH is 1. The number of rotatable bonds is 6. The summed E-state index contributed by atoms with van der Waals surface area (Å²) >= 11 is 0. The molecule has 23 heavy (non-hydrogen) atoms. The summed E-state index contributed by atoms with van der Waals surface area (Å²) in [5, 5.41) is 23.8. The first kappa shape index (κ1) is 15.2. The number of aryl methyl sites for hydroxylation is 1. The lowest BCUT2D eigenvalue weighted by Gasteiger charge is -2.10. The lowest BCUT2D eigenvalue weighted by molar-refractivity contribution is 0.208. The normalized spacial score (nSPS) is 12.3. The molecular formula is C15H19N7O. The summed E-state index contributed by atoms with van der Waals surface area (Å²) in [4.78, 5) is 8.83. The molecule has 0 amide bonds. The molecule has 1 aromatic carbocycles. The fraction of sp³-hybridized carbons (Fsp3) is 0.333. The van der Waals surface area contributed by atoms with E-state index in [2.05, 4.69) is 30.9 Å². The van der Waals surface area contributed by atoms with Crippen molar-refractivity contribution in [2.24, 2.45) is 7.05 Å². The van der Waals surface area contributed by atoms with Gasteiger partial charge in [0.05, 0.1) is 6.10 Å². The van der Waals surface area contributed by atoms with Crippen LogP contribution < -0.4 is 10.6 Å². The van der Waals surface area contributed by atoms with Crippen LogP contribution in [0.4, 0.5) is 11.8 Å². The predicted molar refractivity (Wildman–Crippen MR) is 88.0 cm³/mol. The number of aromatic nitrogens is 5. The van der Waals surface area contributed by atoms with Crippen molar-refractivity contribution < 1.29 is 5.11 Å². The molecule has 0 fully saturated rings. The van der Waals surface area contributed by atoms with Gasteiger partial charge in [-0.1, -0.05) is 35.5 Å². The molecule has 0 saturated heterocycles. The van der Waals surface area contributed by atoms with E-state index in [1.54, 1.807) is 18.7 Å². The number of fused-ring (bicyclic) bond motifs is 1. The fourth-order valence-electron chi connectivity index (χ4n) is 2.14. The van der Waals surface area contributed by atoms with E-state index in [4.69, 9.17) is 0 Å². The van der Waals surface area contributed by atoms with E-state index in [0.717, 1.165) is 5.56 Å². The van der Waals surface area contributed by atoms with Gasteiger partial charge < -0.3 is 15.7 Å². The minimum atomic E-state index is -0.486. The third-order valence-corrected chi connectivity index (χ3v) is 3.31. The molecule has 3 aromatic rings. The van der Waals surface area contributed by atoms with Crippen LogP contribution in [0.2, 0.25) is 0 Å².